The maximum absolute atomic E-state index is 12.3. The Labute approximate surface area is 142 Å². The molecule has 0 bridgehead atoms. The van der Waals surface area contributed by atoms with Crippen molar-refractivity contribution in [3.8, 4) is 0 Å². The van der Waals surface area contributed by atoms with Gasteiger partial charge in [0.25, 0.3) is 10.0 Å². The normalized spacial score (nSPS) is 29.0. The van der Waals surface area contributed by atoms with E-state index in [2.05, 4.69) is 14.2 Å². The fourth-order valence-electron chi connectivity index (χ4n) is 4.21. The monoisotopic (exact) mass is 349 g/mol. The van der Waals surface area contributed by atoms with Crippen molar-refractivity contribution in [2.45, 2.75) is 42.7 Å². The lowest BCUT2D eigenvalue weighted by molar-refractivity contribution is 0.139. The molecule has 0 aliphatic carbocycles. The van der Waals surface area contributed by atoms with Crippen molar-refractivity contribution < 1.29 is 13.5 Å². The van der Waals surface area contributed by atoms with E-state index in [0.29, 0.717) is 10.7 Å². The first-order valence-electron chi connectivity index (χ1n) is 8.66. The molecule has 0 radical (unpaired) electrons. The highest BCUT2D eigenvalue weighted by molar-refractivity contribution is 7.90. The third-order valence-electron chi connectivity index (χ3n) is 5.42. The molecule has 1 aromatic carbocycles. The van der Waals surface area contributed by atoms with Crippen LogP contribution in [0.5, 0.6) is 0 Å². The topological polar surface area (TPSA) is 73.2 Å². The highest BCUT2D eigenvalue weighted by atomic mass is 32.2. The first-order chi connectivity index (χ1) is 11.6. The van der Waals surface area contributed by atoms with Crippen molar-refractivity contribution in [1.29, 1.82) is 0 Å². The molecule has 2 unspecified atom stereocenters. The molecule has 7 heteroatoms. The molecule has 130 valence electrons. The number of benzene rings is 1. The van der Waals surface area contributed by atoms with Gasteiger partial charge in [-0.3, -0.25) is 4.90 Å². The summed E-state index contributed by atoms with van der Waals surface area (Å²) in [5.41, 5.74) is 0.726. The van der Waals surface area contributed by atoms with Crippen LogP contribution >= 0.6 is 0 Å². The van der Waals surface area contributed by atoms with Crippen molar-refractivity contribution in [1.82, 2.24) is 9.80 Å². The second-order valence-corrected chi connectivity index (χ2v) is 8.42. The number of fused-ring (bicyclic) bond motifs is 1. The largest absolute Gasteiger partial charge is 0.395 e. The smallest absolute Gasteiger partial charge is 0.285 e. The van der Waals surface area contributed by atoms with E-state index in [4.69, 9.17) is 0 Å². The van der Waals surface area contributed by atoms with Crippen LogP contribution in [0, 0.1) is 0 Å². The summed E-state index contributed by atoms with van der Waals surface area (Å²) in [6.07, 6.45) is 4.25. The first kappa shape index (κ1) is 16.1. The molecule has 2 fully saturated rings. The zero-order chi connectivity index (χ0) is 16.7. The summed E-state index contributed by atoms with van der Waals surface area (Å²) in [6, 6.07) is 7.59. The molecular formula is C17H23N3O3S. The van der Waals surface area contributed by atoms with E-state index in [0.717, 1.165) is 50.9 Å². The van der Waals surface area contributed by atoms with Crippen LogP contribution in [0.1, 0.15) is 31.2 Å². The molecule has 6 nitrogen and oxygen atoms in total. The average Bonchev–Trinajstić information content (AvgIpc) is 3.27. The van der Waals surface area contributed by atoms with E-state index >= 15 is 0 Å². The van der Waals surface area contributed by atoms with Crippen LogP contribution in [0.15, 0.2) is 33.6 Å². The zero-order valence-corrected chi connectivity index (χ0v) is 14.5. The number of nitrogens with zero attached hydrogens (tertiary/aromatic N) is 3. The average molecular weight is 349 g/mol. The SMILES string of the molecule is O=S1(=O)N=C(N2CCCC2CN2CCCC2CO)c2ccccc21. The van der Waals surface area contributed by atoms with Crippen LogP contribution in [0.4, 0.5) is 0 Å². The van der Waals surface area contributed by atoms with Gasteiger partial charge in [-0.15, -0.1) is 4.40 Å². The van der Waals surface area contributed by atoms with E-state index < -0.39 is 10.0 Å². The van der Waals surface area contributed by atoms with Gasteiger partial charge in [-0.2, -0.15) is 8.42 Å². The van der Waals surface area contributed by atoms with Crippen LogP contribution in [0.25, 0.3) is 0 Å². The van der Waals surface area contributed by atoms with Crippen molar-refractivity contribution >= 4 is 15.9 Å². The highest BCUT2D eigenvalue weighted by Crippen LogP contribution is 2.32. The standard InChI is InChI=1S/C17H23N3O3S/c21-12-14-6-3-9-19(14)11-13-5-4-10-20(13)17-15-7-1-2-8-16(15)24(22,23)18-17/h1-2,7-8,13-14,21H,3-6,9-12H2. The summed E-state index contributed by atoms with van der Waals surface area (Å²) in [4.78, 5) is 4.83. The van der Waals surface area contributed by atoms with Gasteiger partial charge in [0.2, 0.25) is 0 Å². The Balaban J connectivity index is 1.60. The van der Waals surface area contributed by atoms with Gasteiger partial charge in [0, 0.05) is 30.7 Å². The molecule has 0 amide bonds. The first-order valence-corrected chi connectivity index (χ1v) is 10.1. The van der Waals surface area contributed by atoms with Gasteiger partial charge in [-0.1, -0.05) is 12.1 Å². The fourth-order valence-corrected chi connectivity index (χ4v) is 5.43. The summed E-state index contributed by atoms with van der Waals surface area (Å²) in [7, 11) is -3.57. The molecule has 1 aromatic rings. The minimum absolute atomic E-state index is 0.199. The van der Waals surface area contributed by atoms with Crippen molar-refractivity contribution in [3.63, 3.8) is 0 Å². The molecule has 0 aromatic heterocycles. The Morgan fingerprint density at radius 2 is 1.88 bits per heavy atom. The van der Waals surface area contributed by atoms with Crippen LogP contribution < -0.4 is 0 Å². The second kappa shape index (κ2) is 6.13. The lowest BCUT2D eigenvalue weighted by Gasteiger charge is -2.32. The highest BCUT2D eigenvalue weighted by Gasteiger charge is 2.38. The Morgan fingerprint density at radius 3 is 2.71 bits per heavy atom. The van der Waals surface area contributed by atoms with E-state index in [1.54, 1.807) is 12.1 Å². The van der Waals surface area contributed by atoms with Gasteiger partial charge >= 0.3 is 0 Å². The van der Waals surface area contributed by atoms with Crippen molar-refractivity contribution in [3.05, 3.63) is 29.8 Å². The summed E-state index contributed by atoms with van der Waals surface area (Å²) in [5.74, 6) is 0.604. The summed E-state index contributed by atoms with van der Waals surface area (Å²) < 4.78 is 28.7. The second-order valence-electron chi connectivity index (χ2n) is 6.85. The van der Waals surface area contributed by atoms with Crippen LogP contribution in [-0.2, 0) is 10.0 Å². The minimum Gasteiger partial charge on any atom is -0.395 e. The molecule has 0 saturated carbocycles. The van der Waals surface area contributed by atoms with Crippen LogP contribution in [0.2, 0.25) is 0 Å². The molecule has 2 atom stereocenters. The van der Waals surface area contributed by atoms with Crippen molar-refractivity contribution in [2.24, 2.45) is 4.40 Å². The third kappa shape index (κ3) is 2.64. The van der Waals surface area contributed by atoms with Gasteiger partial charge in [0.05, 0.1) is 6.61 Å². The number of likely N-dealkylation sites (tertiary alicyclic amines) is 2. The number of rotatable bonds is 3. The zero-order valence-electron chi connectivity index (χ0n) is 13.6. The minimum atomic E-state index is -3.57. The van der Waals surface area contributed by atoms with Gasteiger partial charge < -0.3 is 10.0 Å². The number of sulfonamides is 1. The Hall–Kier alpha value is -1.44. The maximum atomic E-state index is 12.3. The van der Waals surface area contributed by atoms with Crippen LogP contribution in [-0.4, -0.2) is 67.5 Å². The Kier molecular flexibility index (Phi) is 4.10. The molecule has 3 aliphatic heterocycles. The lowest BCUT2D eigenvalue weighted by Crippen LogP contribution is -2.45. The predicted octanol–water partition coefficient (Wildman–Crippen LogP) is 1.06. The number of hydrogen-bond acceptors (Lipinski definition) is 5. The maximum Gasteiger partial charge on any atom is 0.285 e. The number of amidine groups is 1. The van der Waals surface area contributed by atoms with Crippen LogP contribution in [0.3, 0.4) is 0 Å². The molecular weight excluding hydrogens is 326 g/mol. The summed E-state index contributed by atoms with van der Waals surface area (Å²) in [5, 5.41) is 9.53. The Bertz CT molecular complexity index is 762. The molecule has 2 saturated heterocycles. The van der Waals surface area contributed by atoms with Crippen molar-refractivity contribution in [2.75, 3.05) is 26.2 Å². The quantitative estimate of drug-likeness (QED) is 0.883. The Morgan fingerprint density at radius 1 is 1.12 bits per heavy atom. The summed E-state index contributed by atoms with van der Waals surface area (Å²) in [6.45, 7) is 2.92. The predicted molar refractivity (Wildman–Crippen MR) is 91.6 cm³/mol. The summed E-state index contributed by atoms with van der Waals surface area (Å²) >= 11 is 0. The molecule has 1 N–H and O–H groups in total. The van der Waals surface area contributed by atoms with Gasteiger partial charge in [-0.25, -0.2) is 0 Å². The molecule has 3 heterocycles. The number of hydrogen-bond donors (Lipinski definition) is 1. The molecule has 24 heavy (non-hydrogen) atoms. The van der Waals surface area contributed by atoms with Gasteiger partial charge in [-0.05, 0) is 44.4 Å². The third-order valence-corrected chi connectivity index (χ3v) is 6.74. The fraction of sp³-hybridized carbons (Fsp3) is 0.588. The van der Waals surface area contributed by atoms with E-state index in [-0.39, 0.29) is 18.7 Å². The van der Waals surface area contributed by atoms with E-state index in [1.807, 2.05) is 12.1 Å². The lowest BCUT2D eigenvalue weighted by atomic mass is 10.1. The van der Waals surface area contributed by atoms with E-state index in [1.165, 1.54) is 0 Å². The number of aliphatic hydroxyl groups excluding tert-OH is 1. The van der Waals surface area contributed by atoms with Gasteiger partial charge in [0.1, 0.15) is 4.90 Å². The molecule has 3 aliphatic rings. The van der Waals surface area contributed by atoms with Gasteiger partial charge in [0.15, 0.2) is 5.84 Å². The molecule has 0 spiro atoms. The number of aliphatic hydroxyl groups is 1. The molecule has 4 rings (SSSR count). The van der Waals surface area contributed by atoms with E-state index in [9.17, 15) is 13.5 Å².